The lowest BCUT2D eigenvalue weighted by Crippen LogP contribution is -2.58. The van der Waals surface area contributed by atoms with Crippen molar-refractivity contribution < 1.29 is 18.0 Å². The van der Waals surface area contributed by atoms with Crippen molar-refractivity contribution in [3.63, 3.8) is 0 Å². The predicted octanol–water partition coefficient (Wildman–Crippen LogP) is 3.65. The number of anilines is 2. The molecule has 3 nitrogen and oxygen atoms in total. The van der Waals surface area contributed by atoms with Crippen molar-refractivity contribution in [2.45, 2.75) is 45.5 Å². The summed E-state index contributed by atoms with van der Waals surface area (Å²) in [5, 5.41) is 2.67. The molecule has 0 fully saturated rings. The number of nitrogens with one attached hydrogen (secondary N) is 1. The second kappa shape index (κ2) is 4.40. The number of fused-ring (bicyclic) bond motifs is 1. The Bertz CT molecular complexity index is 550. The zero-order chi connectivity index (χ0) is 15.3. The average molecular weight is 286 g/mol. The second-order valence-corrected chi connectivity index (χ2v) is 5.71. The topological polar surface area (TPSA) is 32.3 Å². The molecule has 0 bridgehead atoms. The monoisotopic (exact) mass is 286 g/mol. The van der Waals surface area contributed by atoms with Crippen molar-refractivity contribution in [2.24, 2.45) is 0 Å². The van der Waals surface area contributed by atoms with Crippen molar-refractivity contribution in [3.05, 3.63) is 23.8 Å². The fraction of sp³-hybridized carbons (Fsp3) is 0.500. The number of hydrogen-bond donors (Lipinski definition) is 1. The molecule has 1 N–H and O–H groups in total. The van der Waals surface area contributed by atoms with Gasteiger partial charge in [-0.1, -0.05) is 0 Å². The van der Waals surface area contributed by atoms with E-state index in [9.17, 15) is 18.0 Å². The van der Waals surface area contributed by atoms with Gasteiger partial charge in [0, 0.05) is 6.04 Å². The highest BCUT2D eigenvalue weighted by molar-refractivity contribution is 6.06. The van der Waals surface area contributed by atoms with Gasteiger partial charge in [0.15, 0.2) is 0 Å². The van der Waals surface area contributed by atoms with Crippen LogP contribution in [0.5, 0.6) is 0 Å². The van der Waals surface area contributed by atoms with Crippen LogP contribution in [0.2, 0.25) is 0 Å². The zero-order valence-electron chi connectivity index (χ0n) is 11.8. The van der Waals surface area contributed by atoms with E-state index in [0.29, 0.717) is 11.4 Å². The molecule has 0 atom stereocenters. The molecular weight excluding hydrogens is 269 g/mol. The number of nitrogens with zero attached hydrogens (tertiary/aromatic N) is 1. The fourth-order valence-corrected chi connectivity index (χ4v) is 2.62. The SMILES string of the molecule is CC(C)N1c2cc(C(F)(F)F)ccc2NC(=O)C1(C)C. The van der Waals surface area contributed by atoms with Crippen LogP contribution in [0, 0.1) is 0 Å². The lowest BCUT2D eigenvalue weighted by Gasteiger charge is -2.46. The van der Waals surface area contributed by atoms with E-state index in [4.69, 9.17) is 0 Å². The van der Waals surface area contributed by atoms with Crippen LogP contribution in [0.15, 0.2) is 18.2 Å². The number of halogens is 3. The number of carbonyl (C=O) groups is 1. The van der Waals surface area contributed by atoms with Gasteiger partial charge in [0.05, 0.1) is 16.9 Å². The Kier molecular flexibility index (Phi) is 3.23. The number of rotatable bonds is 1. The Morgan fingerprint density at radius 2 is 1.85 bits per heavy atom. The number of benzene rings is 1. The molecule has 1 heterocycles. The molecule has 110 valence electrons. The molecule has 1 aromatic rings. The third-order valence-corrected chi connectivity index (χ3v) is 3.51. The van der Waals surface area contributed by atoms with Crippen molar-refractivity contribution in [3.8, 4) is 0 Å². The zero-order valence-corrected chi connectivity index (χ0v) is 11.8. The van der Waals surface area contributed by atoms with Gasteiger partial charge in [-0.25, -0.2) is 0 Å². The third kappa shape index (κ3) is 2.23. The number of carbonyl (C=O) groups excluding carboxylic acids is 1. The summed E-state index contributed by atoms with van der Waals surface area (Å²) in [4.78, 5) is 13.8. The molecule has 0 radical (unpaired) electrons. The molecule has 1 aromatic carbocycles. The van der Waals surface area contributed by atoms with Gasteiger partial charge in [-0.2, -0.15) is 13.2 Å². The number of hydrogen-bond acceptors (Lipinski definition) is 2. The number of alkyl halides is 3. The summed E-state index contributed by atoms with van der Waals surface area (Å²) in [6.45, 7) is 7.10. The molecule has 0 unspecified atom stereocenters. The predicted molar refractivity (Wildman–Crippen MR) is 71.8 cm³/mol. The van der Waals surface area contributed by atoms with Gasteiger partial charge in [0.25, 0.3) is 0 Å². The minimum atomic E-state index is -4.40. The Labute approximate surface area is 115 Å². The van der Waals surface area contributed by atoms with Gasteiger partial charge in [-0.3, -0.25) is 4.79 Å². The van der Waals surface area contributed by atoms with Crippen LogP contribution >= 0.6 is 0 Å². The van der Waals surface area contributed by atoms with E-state index in [0.717, 1.165) is 12.1 Å². The first-order chi connectivity index (χ1) is 9.05. The maximum Gasteiger partial charge on any atom is 0.416 e. The van der Waals surface area contributed by atoms with Crippen molar-refractivity contribution >= 4 is 17.3 Å². The number of amides is 1. The molecule has 20 heavy (non-hydrogen) atoms. The van der Waals surface area contributed by atoms with Crippen LogP contribution in [0.25, 0.3) is 0 Å². The van der Waals surface area contributed by atoms with Gasteiger partial charge in [0.2, 0.25) is 5.91 Å². The van der Waals surface area contributed by atoms with Gasteiger partial charge in [-0.15, -0.1) is 0 Å². The van der Waals surface area contributed by atoms with E-state index < -0.39 is 17.3 Å². The molecule has 1 aliphatic rings. The van der Waals surface area contributed by atoms with Crippen LogP contribution in [0.1, 0.15) is 33.3 Å². The van der Waals surface area contributed by atoms with E-state index in [1.54, 1.807) is 18.7 Å². The molecule has 0 saturated carbocycles. The minimum Gasteiger partial charge on any atom is -0.353 e. The molecular formula is C14H17F3N2O. The lowest BCUT2D eigenvalue weighted by molar-refractivity contribution is -0.137. The molecule has 0 spiro atoms. The Morgan fingerprint density at radius 3 is 2.35 bits per heavy atom. The maximum absolute atomic E-state index is 12.8. The van der Waals surface area contributed by atoms with Crippen LogP contribution in [0.4, 0.5) is 24.5 Å². The Hall–Kier alpha value is -1.72. The minimum absolute atomic E-state index is 0.0988. The Balaban J connectivity index is 2.62. The highest BCUT2D eigenvalue weighted by atomic mass is 19.4. The highest BCUT2D eigenvalue weighted by Crippen LogP contribution is 2.41. The van der Waals surface area contributed by atoms with Gasteiger partial charge >= 0.3 is 6.18 Å². The normalized spacial score (nSPS) is 18.0. The fourth-order valence-electron chi connectivity index (χ4n) is 2.62. The molecule has 1 amide bonds. The maximum atomic E-state index is 12.8. The molecule has 0 aromatic heterocycles. The van der Waals surface area contributed by atoms with E-state index in [1.807, 2.05) is 13.8 Å². The summed E-state index contributed by atoms with van der Waals surface area (Å²) in [6, 6.07) is 3.28. The largest absolute Gasteiger partial charge is 0.416 e. The summed E-state index contributed by atoms with van der Waals surface area (Å²) >= 11 is 0. The molecule has 1 aliphatic heterocycles. The third-order valence-electron chi connectivity index (χ3n) is 3.51. The first-order valence-corrected chi connectivity index (χ1v) is 6.37. The molecule has 6 heteroatoms. The van der Waals surface area contributed by atoms with Crippen LogP contribution in [-0.4, -0.2) is 17.5 Å². The van der Waals surface area contributed by atoms with Crippen molar-refractivity contribution in [1.29, 1.82) is 0 Å². The van der Waals surface area contributed by atoms with Crippen LogP contribution in [-0.2, 0) is 11.0 Å². The lowest BCUT2D eigenvalue weighted by atomic mass is 9.94. The summed E-state index contributed by atoms with van der Waals surface area (Å²) in [5.74, 6) is -0.224. The molecule has 2 rings (SSSR count). The summed E-state index contributed by atoms with van der Waals surface area (Å²) in [7, 11) is 0. The summed E-state index contributed by atoms with van der Waals surface area (Å²) in [5.41, 5.74) is -0.796. The first-order valence-electron chi connectivity index (χ1n) is 6.37. The Morgan fingerprint density at radius 1 is 1.25 bits per heavy atom. The smallest absolute Gasteiger partial charge is 0.353 e. The van der Waals surface area contributed by atoms with E-state index in [2.05, 4.69) is 5.32 Å². The summed E-state index contributed by atoms with van der Waals surface area (Å²) in [6.07, 6.45) is -4.40. The van der Waals surface area contributed by atoms with E-state index in [-0.39, 0.29) is 11.9 Å². The van der Waals surface area contributed by atoms with Gasteiger partial charge < -0.3 is 10.2 Å². The quantitative estimate of drug-likeness (QED) is 0.854. The van der Waals surface area contributed by atoms with E-state index in [1.165, 1.54) is 6.07 Å². The van der Waals surface area contributed by atoms with E-state index >= 15 is 0 Å². The van der Waals surface area contributed by atoms with Crippen LogP contribution < -0.4 is 10.2 Å². The second-order valence-electron chi connectivity index (χ2n) is 5.71. The molecule has 0 aliphatic carbocycles. The highest BCUT2D eigenvalue weighted by Gasteiger charge is 2.42. The van der Waals surface area contributed by atoms with Gasteiger partial charge in [0.1, 0.15) is 5.54 Å². The average Bonchev–Trinajstić information content (AvgIpc) is 2.27. The first kappa shape index (κ1) is 14.7. The van der Waals surface area contributed by atoms with Crippen molar-refractivity contribution in [1.82, 2.24) is 0 Å². The van der Waals surface area contributed by atoms with Gasteiger partial charge in [-0.05, 0) is 45.9 Å². The summed E-state index contributed by atoms with van der Waals surface area (Å²) < 4.78 is 38.5. The van der Waals surface area contributed by atoms with Crippen molar-refractivity contribution in [2.75, 3.05) is 10.2 Å². The standard InChI is InChI=1S/C14H17F3N2O/c1-8(2)19-11-7-9(14(15,16)17)5-6-10(11)18-12(20)13(19,3)4/h5-8H,1-4H3,(H,18,20). The van der Waals surface area contributed by atoms with Crippen LogP contribution in [0.3, 0.4) is 0 Å². The molecule has 0 saturated heterocycles.